The van der Waals surface area contributed by atoms with Crippen molar-refractivity contribution in [2.75, 3.05) is 38.5 Å². The Bertz CT molecular complexity index is 594. The minimum absolute atomic E-state index is 0.0915. The smallest absolute Gasteiger partial charge is 0.242 e. The highest BCUT2D eigenvalue weighted by Gasteiger charge is 2.23. The first kappa shape index (κ1) is 16.7. The Labute approximate surface area is 133 Å². The third-order valence-electron chi connectivity index (χ3n) is 3.43. The molecule has 0 spiro atoms. The molecule has 1 atom stereocenters. The molecule has 1 fully saturated rings. The number of hydrogen-bond acceptors (Lipinski definition) is 5. The maximum absolute atomic E-state index is 12.3. The van der Waals surface area contributed by atoms with E-state index in [1.54, 1.807) is 12.1 Å². The summed E-state index contributed by atoms with van der Waals surface area (Å²) in [6.07, 6.45) is -0.134. The van der Waals surface area contributed by atoms with Gasteiger partial charge in [0.05, 0.1) is 18.4 Å². The molecule has 21 heavy (non-hydrogen) atoms. The molecule has 6 nitrogen and oxygen atoms in total. The number of nitrogens with one attached hydrogen (secondary N) is 1. The van der Waals surface area contributed by atoms with Crippen molar-refractivity contribution in [1.29, 1.82) is 0 Å². The number of ether oxygens (including phenoxy) is 1. The van der Waals surface area contributed by atoms with Crippen molar-refractivity contribution in [3.63, 3.8) is 0 Å². The number of hydrogen-bond donors (Lipinski definition) is 2. The van der Waals surface area contributed by atoms with E-state index in [4.69, 9.17) is 10.5 Å². The molecule has 1 aliphatic heterocycles. The summed E-state index contributed by atoms with van der Waals surface area (Å²) in [5.41, 5.74) is 5.99. The summed E-state index contributed by atoms with van der Waals surface area (Å²) < 4.78 is 33.5. The average Bonchev–Trinajstić information content (AvgIpc) is 2.45. The van der Waals surface area contributed by atoms with Gasteiger partial charge >= 0.3 is 0 Å². The van der Waals surface area contributed by atoms with Gasteiger partial charge in [0.2, 0.25) is 10.0 Å². The average molecular weight is 378 g/mol. The molecule has 0 bridgehead atoms. The summed E-state index contributed by atoms with van der Waals surface area (Å²) in [7, 11) is -3.63. The Morgan fingerprint density at radius 3 is 2.95 bits per heavy atom. The van der Waals surface area contributed by atoms with Crippen LogP contribution in [-0.4, -0.2) is 52.2 Å². The third kappa shape index (κ3) is 4.40. The fraction of sp³-hybridized carbons (Fsp3) is 0.538. The summed E-state index contributed by atoms with van der Waals surface area (Å²) in [6.45, 7) is 5.50. The summed E-state index contributed by atoms with van der Waals surface area (Å²) in [5.74, 6) is 0. The first-order valence-corrected chi connectivity index (χ1v) is 9.08. The zero-order chi connectivity index (χ0) is 15.5. The fourth-order valence-electron chi connectivity index (χ4n) is 2.24. The van der Waals surface area contributed by atoms with Gasteiger partial charge in [0.15, 0.2) is 0 Å². The van der Waals surface area contributed by atoms with Gasteiger partial charge in [0, 0.05) is 24.1 Å². The Morgan fingerprint density at radius 1 is 1.52 bits per heavy atom. The van der Waals surface area contributed by atoms with Crippen molar-refractivity contribution in [3.05, 3.63) is 22.7 Å². The summed E-state index contributed by atoms with van der Waals surface area (Å²) >= 11 is 3.26. The van der Waals surface area contributed by atoms with E-state index in [2.05, 4.69) is 32.5 Å². The van der Waals surface area contributed by atoms with Gasteiger partial charge in [-0.15, -0.1) is 0 Å². The molecule has 1 aromatic rings. The van der Waals surface area contributed by atoms with Gasteiger partial charge < -0.3 is 10.5 Å². The van der Waals surface area contributed by atoms with Gasteiger partial charge in [-0.2, -0.15) is 0 Å². The van der Waals surface area contributed by atoms with Crippen LogP contribution in [0.15, 0.2) is 27.6 Å². The first-order chi connectivity index (χ1) is 9.92. The van der Waals surface area contributed by atoms with E-state index in [1.807, 2.05) is 0 Å². The first-order valence-electron chi connectivity index (χ1n) is 6.81. The summed E-state index contributed by atoms with van der Waals surface area (Å²) in [6, 6.07) is 4.72. The minimum Gasteiger partial charge on any atom is -0.398 e. The second kappa shape index (κ2) is 7.06. The van der Waals surface area contributed by atoms with Crippen LogP contribution in [0.25, 0.3) is 0 Å². The molecule has 0 aromatic heterocycles. The molecule has 8 heteroatoms. The number of morpholine rings is 1. The Kier molecular flexibility index (Phi) is 5.61. The van der Waals surface area contributed by atoms with Crippen LogP contribution in [0.5, 0.6) is 0 Å². The van der Waals surface area contributed by atoms with Crippen molar-refractivity contribution in [3.8, 4) is 0 Å². The Balaban J connectivity index is 2.01. The van der Waals surface area contributed by atoms with E-state index in [-0.39, 0.29) is 23.2 Å². The number of anilines is 1. The zero-order valence-corrected chi connectivity index (χ0v) is 14.3. The highest BCUT2D eigenvalue weighted by molar-refractivity contribution is 9.10. The number of benzene rings is 1. The number of likely N-dealkylation sites (N-methyl/N-ethyl adjacent to an activating group) is 1. The van der Waals surface area contributed by atoms with Crippen LogP contribution in [-0.2, 0) is 14.8 Å². The van der Waals surface area contributed by atoms with Gasteiger partial charge in [-0.25, -0.2) is 13.1 Å². The van der Waals surface area contributed by atoms with E-state index in [0.29, 0.717) is 6.61 Å². The maximum Gasteiger partial charge on any atom is 0.242 e. The van der Waals surface area contributed by atoms with Crippen molar-refractivity contribution in [1.82, 2.24) is 9.62 Å². The predicted octanol–water partition coefficient (Wildman–Crippen LogP) is 1.03. The lowest BCUT2D eigenvalue weighted by molar-refractivity contribution is -0.0229. The molecule has 1 unspecified atom stereocenters. The molecule has 1 heterocycles. The van der Waals surface area contributed by atoms with Crippen LogP contribution in [0, 0.1) is 0 Å². The van der Waals surface area contributed by atoms with Crippen LogP contribution >= 0.6 is 15.9 Å². The van der Waals surface area contributed by atoms with Crippen LogP contribution in [0.1, 0.15) is 6.92 Å². The quantitative estimate of drug-likeness (QED) is 0.748. The lowest BCUT2D eigenvalue weighted by Crippen LogP contribution is -2.47. The molecule has 0 aliphatic carbocycles. The topological polar surface area (TPSA) is 84.7 Å². The van der Waals surface area contributed by atoms with Crippen LogP contribution in [0.3, 0.4) is 0 Å². The Hall–Kier alpha value is -0.670. The monoisotopic (exact) mass is 377 g/mol. The molecule has 0 radical (unpaired) electrons. The molecule has 3 N–H and O–H groups in total. The number of nitrogen functional groups attached to an aromatic ring is 1. The van der Waals surface area contributed by atoms with Crippen molar-refractivity contribution >= 4 is 31.6 Å². The second-order valence-electron chi connectivity index (χ2n) is 4.92. The van der Waals surface area contributed by atoms with Gasteiger partial charge in [-0.1, -0.05) is 22.9 Å². The van der Waals surface area contributed by atoms with Crippen molar-refractivity contribution in [2.45, 2.75) is 17.9 Å². The summed E-state index contributed by atoms with van der Waals surface area (Å²) in [5, 5.41) is 0. The lowest BCUT2D eigenvalue weighted by Gasteiger charge is -2.32. The van der Waals surface area contributed by atoms with Gasteiger partial charge in [0.25, 0.3) is 0 Å². The molecular weight excluding hydrogens is 358 g/mol. The number of sulfonamides is 1. The normalized spacial score (nSPS) is 20.6. The second-order valence-corrected chi connectivity index (χ2v) is 7.57. The van der Waals surface area contributed by atoms with Crippen LogP contribution in [0.4, 0.5) is 5.69 Å². The maximum atomic E-state index is 12.3. The van der Waals surface area contributed by atoms with E-state index in [1.165, 1.54) is 6.07 Å². The molecule has 0 amide bonds. The summed E-state index contributed by atoms with van der Waals surface area (Å²) in [4.78, 5) is 2.32. The highest BCUT2D eigenvalue weighted by atomic mass is 79.9. The van der Waals surface area contributed by atoms with Crippen LogP contribution in [0.2, 0.25) is 0 Å². The lowest BCUT2D eigenvalue weighted by atomic mass is 10.3. The number of halogens is 1. The molecule has 1 aliphatic rings. The van der Waals surface area contributed by atoms with Gasteiger partial charge in [-0.3, -0.25) is 4.90 Å². The largest absolute Gasteiger partial charge is 0.398 e. The molecule has 0 saturated carbocycles. The van der Waals surface area contributed by atoms with Crippen molar-refractivity contribution < 1.29 is 13.2 Å². The third-order valence-corrected chi connectivity index (χ3v) is 5.42. The van der Waals surface area contributed by atoms with E-state index in [0.717, 1.165) is 24.1 Å². The fourth-order valence-corrected chi connectivity index (χ4v) is 3.79. The predicted molar refractivity (Wildman–Crippen MR) is 85.6 cm³/mol. The molecule has 1 saturated heterocycles. The highest BCUT2D eigenvalue weighted by Crippen LogP contribution is 2.22. The number of nitrogens with two attached hydrogens (primary N) is 1. The van der Waals surface area contributed by atoms with Crippen LogP contribution < -0.4 is 10.5 Å². The zero-order valence-electron chi connectivity index (χ0n) is 11.9. The SMILES string of the molecule is CCN1CCOC(CNS(=O)(=O)c2ccc(Br)cc2N)C1. The van der Waals surface area contributed by atoms with Crippen molar-refractivity contribution in [2.24, 2.45) is 0 Å². The van der Waals surface area contributed by atoms with E-state index >= 15 is 0 Å². The Morgan fingerprint density at radius 2 is 2.29 bits per heavy atom. The molecular formula is C13H20BrN3O3S. The number of rotatable bonds is 5. The minimum atomic E-state index is -3.63. The van der Waals surface area contributed by atoms with Gasteiger partial charge in [-0.05, 0) is 24.7 Å². The van der Waals surface area contributed by atoms with E-state index < -0.39 is 10.0 Å². The molecule has 2 rings (SSSR count). The molecule has 1 aromatic carbocycles. The van der Waals surface area contributed by atoms with E-state index in [9.17, 15) is 8.42 Å². The standard InChI is InChI=1S/C13H20BrN3O3S/c1-2-17-5-6-20-11(9-17)8-16-21(18,19)13-4-3-10(14)7-12(13)15/h3-4,7,11,16H,2,5-6,8-9,15H2,1H3. The molecule has 118 valence electrons. The van der Waals surface area contributed by atoms with Gasteiger partial charge in [0.1, 0.15) is 4.90 Å². The number of nitrogens with zero attached hydrogens (tertiary/aromatic N) is 1.